The molecule has 0 unspecified atom stereocenters. The van der Waals surface area contributed by atoms with Gasteiger partial charge in [0.25, 0.3) is 11.8 Å². The van der Waals surface area contributed by atoms with E-state index in [0.717, 1.165) is 53.3 Å². The number of rotatable bonds is 7. The summed E-state index contributed by atoms with van der Waals surface area (Å²) >= 11 is 6.81. The number of methoxy groups -OCH3 is 1. The van der Waals surface area contributed by atoms with Crippen LogP contribution < -0.4 is 15.0 Å². The fraction of sp³-hybridized carbons (Fsp3) is 0.314. The summed E-state index contributed by atoms with van der Waals surface area (Å²) in [6, 6.07) is 23.2. The number of carbonyl (C=O) groups is 2. The summed E-state index contributed by atoms with van der Waals surface area (Å²) in [6.07, 6.45) is 3.74. The highest BCUT2D eigenvalue weighted by Gasteiger charge is 2.29. The van der Waals surface area contributed by atoms with Gasteiger partial charge in [0.2, 0.25) is 0 Å². The topological polar surface area (TPSA) is 66.8 Å². The van der Waals surface area contributed by atoms with E-state index in [9.17, 15) is 9.59 Å². The van der Waals surface area contributed by atoms with Crippen LogP contribution in [0.2, 0.25) is 5.02 Å². The maximum absolute atomic E-state index is 14.3. The largest absolute Gasteiger partial charge is 0.496 e. The molecule has 0 atom stereocenters. The van der Waals surface area contributed by atoms with Gasteiger partial charge >= 0.3 is 0 Å². The van der Waals surface area contributed by atoms with Crippen LogP contribution >= 0.6 is 11.6 Å². The number of para-hydroxylation sites is 1. The molecule has 2 amide bonds. The van der Waals surface area contributed by atoms with Crippen LogP contribution in [0.25, 0.3) is 11.1 Å². The minimum atomic E-state index is -0.218. The highest BCUT2D eigenvalue weighted by molar-refractivity contribution is 6.34. The smallest absolute Gasteiger partial charge is 0.267 e. The predicted molar refractivity (Wildman–Crippen MR) is 171 cm³/mol. The van der Waals surface area contributed by atoms with Crippen LogP contribution in [0.1, 0.15) is 56.9 Å². The van der Waals surface area contributed by atoms with Gasteiger partial charge in [0.15, 0.2) is 0 Å². The molecule has 0 spiro atoms. The van der Waals surface area contributed by atoms with E-state index in [1.165, 1.54) is 19.3 Å². The number of likely N-dealkylation sites (tertiary alicyclic amines) is 1. The van der Waals surface area contributed by atoms with Crippen LogP contribution in [0.5, 0.6) is 5.75 Å². The summed E-state index contributed by atoms with van der Waals surface area (Å²) in [4.78, 5) is 31.8. The van der Waals surface area contributed by atoms with Crippen molar-refractivity contribution in [3.8, 4) is 16.9 Å². The number of fused-ring (bicyclic) bond motifs is 2. The van der Waals surface area contributed by atoms with Gasteiger partial charge in [-0.15, -0.1) is 0 Å². The molecule has 3 aromatic carbocycles. The number of hydrogen-bond acceptors (Lipinski definition) is 4. The summed E-state index contributed by atoms with van der Waals surface area (Å²) in [5, 5.41) is 3.60. The van der Waals surface area contributed by atoms with E-state index < -0.39 is 0 Å². The quantitative estimate of drug-likeness (QED) is 0.263. The van der Waals surface area contributed by atoms with Crippen molar-refractivity contribution in [3.63, 3.8) is 0 Å². The minimum absolute atomic E-state index is 0.0965. The Hall–Kier alpha value is -4.07. The first kappa shape index (κ1) is 29.0. The predicted octanol–water partition coefficient (Wildman–Crippen LogP) is 6.55. The van der Waals surface area contributed by atoms with Gasteiger partial charge in [-0.05, 0) is 79.9 Å². The van der Waals surface area contributed by atoms with Crippen LogP contribution in [0, 0.1) is 6.92 Å². The van der Waals surface area contributed by atoms with Gasteiger partial charge < -0.3 is 24.4 Å². The Morgan fingerprint density at radius 1 is 0.907 bits per heavy atom. The van der Waals surface area contributed by atoms with E-state index in [4.69, 9.17) is 16.3 Å². The summed E-state index contributed by atoms with van der Waals surface area (Å²) in [7, 11) is 1.57. The van der Waals surface area contributed by atoms with E-state index >= 15 is 0 Å². The zero-order valence-corrected chi connectivity index (χ0v) is 25.5. The number of carbonyl (C=O) groups excluding carboxylic acids is 2. The zero-order valence-electron chi connectivity index (χ0n) is 24.7. The molecule has 2 aliphatic heterocycles. The lowest BCUT2D eigenvalue weighted by Crippen LogP contribution is -2.38. The monoisotopic (exact) mass is 596 g/mol. The van der Waals surface area contributed by atoms with Crippen molar-refractivity contribution >= 4 is 29.1 Å². The molecule has 2 aliphatic rings. The average molecular weight is 597 g/mol. The van der Waals surface area contributed by atoms with Crippen molar-refractivity contribution in [3.05, 3.63) is 106 Å². The molecule has 0 bridgehead atoms. The first-order chi connectivity index (χ1) is 20.9. The molecule has 0 radical (unpaired) electrons. The Morgan fingerprint density at radius 3 is 2.47 bits per heavy atom. The standard InChI is InChI=1S/C35H37ClN4O3/c1-24-10-4-6-12-27(24)28-21-33(43-2)29(20-30(28)36)35(42)40-23-26-14-15-32(39(26)22-25-11-5-7-13-31(25)40)34(41)37-16-19-38-17-8-3-9-18-38/h4-7,10-15,20-21H,3,8-9,16-19,22-23H2,1-2H3,(H,37,41). The summed E-state index contributed by atoms with van der Waals surface area (Å²) in [5.41, 5.74) is 6.50. The van der Waals surface area contributed by atoms with Crippen LogP contribution in [0.4, 0.5) is 5.69 Å². The number of nitrogens with one attached hydrogen (secondary N) is 1. The maximum Gasteiger partial charge on any atom is 0.267 e. The second-order valence-electron chi connectivity index (χ2n) is 11.3. The van der Waals surface area contributed by atoms with Gasteiger partial charge in [-0.2, -0.15) is 0 Å². The Labute approximate surface area is 258 Å². The Kier molecular flexibility index (Phi) is 8.54. The summed E-state index contributed by atoms with van der Waals surface area (Å²) in [6.45, 7) is 6.49. The van der Waals surface area contributed by atoms with E-state index in [1.54, 1.807) is 18.1 Å². The number of aryl methyl sites for hydroxylation is 1. The van der Waals surface area contributed by atoms with Crippen molar-refractivity contribution in [1.82, 2.24) is 14.8 Å². The lowest BCUT2D eigenvalue weighted by Gasteiger charge is -2.26. The number of ether oxygens (including phenoxy) is 1. The molecular formula is C35H37ClN4O3. The Morgan fingerprint density at radius 2 is 1.67 bits per heavy atom. The molecule has 0 saturated carbocycles. The van der Waals surface area contributed by atoms with E-state index in [1.807, 2.05) is 78.2 Å². The molecule has 7 nitrogen and oxygen atoms in total. The fourth-order valence-electron chi connectivity index (χ4n) is 6.26. The van der Waals surface area contributed by atoms with E-state index in [0.29, 0.717) is 41.7 Å². The van der Waals surface area contributed by atoms with Gasteiger partial charge in [-0.1, -0.05) is 60.5 Å². The van der Waals surface area contributed by atoms with Crippen LogP contribution in [0.3, 0.4) is 0 Å². The number of nitrogens with zero attached hydrogens (tertiary/aromatic N) is 3. The number of hydrogen-bond donors (Lipinski definition) is 1. The third kappa shape index (κ3) is 5.92. The summed E-state index contributed by atoms with van der Waals surface area (Å²) < 4.78 is 7.77. The molecule has 1 aromatic heterocycles. The minimum Gasteiger partial charge on any atom is -0.496 e. The third-order valence-corrected chi connectivity index (χ3v) is 8.91. The molecule has 4 aromatic rings. The van der Waals surface area contributed by atoms with Crippen molar-refractivity contribution in [2.75, 3.05) is 38.2 Å². The average Bonchev–Trinajstić information content (AvgIpc) is 3.34. The van der Waals surface area contributed by atoms with Gasteiger partial charge in [-0.3, -0.25) is 9.59 Å². The Bertz CT molecular complexity index is 1660. The fourth-order valence-corrected chi connectivity index (χ4v) is 6.52. The molecule has 3 heterocycles. The number of piperidine rings is 1. The number of aromatic nitrogens is 1. The number of benzene rings is 3. The van der Waals surface area contributed by atoms with E-state index in [2.05, 4.69) is 10.2 Å². The molecule has 222 valence electrons. The third-order valence-electron chi connectivity index (χ3n) is 8.60. The molecule has 1 N–H and O–H groups in total. The second kappa shape index (κ2) is 12.7. The van der Waals surface area contributed by atoms with E-state index in [-0.39, 0.29) is 11.8 Å². The van der Waals surface area contributed by atoms with Gasteiger partial charge in [0.05, 0.1) is 25.8 Å². The van der Waals surface area contributed by atoms with Crippen LogP contribution in [-0.2, 0) is 13.1 Å². The van der Waals surface area contributed by atoms with Crippen LogP contribution in [0.15, 0.2) is 72.8 Å². The lowest BCUT2D eigenvalue weighted by molar-refractivity contribution is 0.0936. The van der Waals surface area contributed by atoms with Crippen molar-refractivity contribution < 1.29 is 14.3 Å². The van der Waals surface area contributed by atoms with Crippen molar-refractivity contribution in [1.29, 1.82) is 0 Å². The molecule has 1 saturated heterocycles. The second-order valence-corrected chi connectivity index (χ2v) is 11.7. The Balaban J connectivity index is 1.29. The molecule has 1 fully saturated rings. The molecule has 6 rings (SSSR count). The molecule has 8 heteroatoms. The first-order valence-electron chi connectivity index (χ1n) is 15.0. The SMILES string of the molecule is COc1cc(-c2ccccc2C)c(Cl)cc1C(=O)N1Cc2ccc(C(=O)NCCN3CCCCC3)n2Cc2ccccc21. The lowest BCUT2D eigenvalue weighted by atomic mass is 9.98. The molecular weight excluding hydrogens is 560 g/mol. The van der Waals surface area contributed by atoms with Gasteiger partial charge in [-0.25, -0.2) is 0 Å². The maximum atomic E-state index is 14.3. The highest BCUT2D eigenvalue weighted by Crippen LogP contribution is 2.38. The molecule has 0 aliphatic carbocycles. The summed E-state index contributed by atoms with van der Waals surface area (Å²) in [5.74, 6) is 0.143. The highest BCUT2D eigenvalue weighted by atomic mass is 35.5. The molecule has 43 heavy (non-hydrogen) atoms. The first-order valence-corrected chi connectivity index (χ1v) is 15.3. The number of anilines is 1. The van der Waals surface area contributed by atoms with Gasteiger partial charge in [0, 0.05) is 35.1 Å². The van der Waals surface area contributed by atoms with Crippen molar-refractivity contribution in [2.45, 2.75) is 39.3 Å². The van der Waals surface area contributed by atoms with Crippen LogP contribution in [-0.4, -0.2) is 54.6 Å². The number of halogens is 1. The zero-order chi connectivity index (χ0) is 29.9. The normalized spacial score (nSPS) is 14.9. The van der Waals surface area contributed by atoms with Crippen molar-refractivity contribution in [2.24, 2.45) is 0 Å². The number of amides is 2. The van der Waals surface area contributed by atoms with Gasteiger partial charge in [0.1, 0.15) is 11.4 Å².